The van der Waals surface area contributed by atoms with Gasteiger partial charge in [-0.15, -0.1) is 10.2 Å². The van der Waals surface area contributed by atoms with Crippen molar-refractivity contribution in [1.82, 2.24) is 15.5 Å². The molecule has 0 spiro atoms. The molecule has 1 amide bonds. The van der Waals surface area contributed by atoms with Gasteiger partial charge in [-0.1, -0.05) is 17.7 Å². The molecule has 6 nitrogen and oxygen atoms in total. The summed E-state index contributed by atoms with van der Waals surface area (Å²) in [5.41, 5.74) is 2.06. The lowest BCUT2D eigenvalue weighted by Gasteiger charge is -2.10. The fourth-order valence-corrected chi connectivity index (χ4v) is 2.51. The number of benzene rings is 1. The van der Waals surface area contributed by atoms with Gasteiger partial charge in [0.25, 0.3) is 0 Å². The lowest BCUT2D eigenvalue weighted by molar-refractivity contribution is -0.121. The van der Waals surface area contributed by atoms with Crippen molar-refractivity contribution < 1.29 is 13.9 Å². The largest absolute Gasteiger partial charge is 0.421 e. The van der Waals surface area contributed by atoms with Crippen molar-refractivity contribution >= 4 is 5.91 Å². The highest BCUT2D eigenvalue weighted by molar-refractivity contribution is 5.76. The van der Waals surface area contributed by atoms with Crippen molar-refractivity contribution in [3.8, 4) is 11.5 Å². The Labute approximate surface area is 135 Å². The summed E-state index contributed by atoms with van der Waals surface area (Å²) in [6.45, 7) is 3.40. The van der Waals surface area contributed by atoms with Crippen molar-refractivity contribution in [2.75, 3.05) is 13.2 Å². The Morgan fingerprint density at radius 2 is 2.13 bits per heavy atom. The van der Waals surface area contributed by atoms with Crippen LogP contribution in [-0.4, -0.2) is 35.4 Å². The minimum Gasteiger partial charge on any atom is -0.421 e. The van der Waals surface area contributed by atoms with Crippen molar-refractivity contribution in [1.29, 1.82) is 0 Å². The number of amides is 1. The molecule has 0 radical (unpaired) electrons. The quantitative estimate of drug-likeness (QED) is 0.885. The van der Waals surface area contributed by atoms with E-state index in [1.54, 1.807) is 0 Å². The maximum absolute atomic E-state index is 11.8. The lowest BCUT2D eigenvalue weighted by atomic mass is 10.1. The molecule has 6 heteroatoms. The van der Waals surface area contributed by atoms with Crippen LogP contribution in [0.1, 0.15) is 30.7 Å². The SMILES string of the molecule is Cc1ccc(-c2nnc(CCC(=O)NCC3CCCO3)o2)cc1. The van der Waals surface area contributed by atoms with E-state index >= 15 is 0 Å². The fraction of sp³-hybridized carbons (Fsp3) is 0.471. The van der Waals surface area contributed by atoms with Crippen molar-refractivity contribution in [2.45, 2.75) is 38.7 Å². The molecule has 0 bridgehead atoms. The van der Waals surface area contributed by atoms with E-state index in [9.17, 15) is 4.79 Å². The third-order valence-corrected chi connectivity index (χ3v) is 3.88. The van der Waals surface area contributed by atoms with Crippen molar-refractivity contribution in [2.24, 2.45) is 0 Å². The predicted octanol–water partition coefficient (Wildman–Crippen LogP) is 2.27. The molecule has 3 rings (SSSR count). The van der Waals surface area contributed by atoms with E-state index in [4.69, 9.17) is 9.15 Å². The summed E-state index contributed by atoms with van der Waals surface area (Å²) in [7, 11) is 0. The molecule has 1 aliphatic heterocycles. The van der Waals surface area contributed by atoms with Gasteiger partial charge in [0, 0.05) is 31.6 Å². The number of hydrogen-bond donors (Lipinski definition) is 1. The zero-order valence-electron chi connectivity index (χ0n) is 13.2. The van der Waals surface area contributed by atoms with Crippen LogP contribution in [-0.2, 0) is 16.0 Å². The highest BCUT2D eigenvalue weighted by Gasteiger charge is 2.16. The maximum Gasteiger partial charge on any atom is 0.247 e. The Morgan fingerprint density at radius 1 is 1.30 bits per heavy atom. The molecular formula is C17H21N3O3. The van der Waals surface area contributed by atoms with E-state index in [0.717, 1.165) is 25.0 Å². The third-order valence-electron chi connectivity index (χ3n) is 3.88. The molecule has 0 aliphatic carbocycles. The highest BCUT2D eigenvalue weighted by Crippen LogP contribution is 2.18. The van der Waals surface area contributed by atoms with Gasteiger partial charge < -0.3 is 14.5 Å². The Kier molecular flexibility index (Phi) is 5.02. The fourth-order valence-electron chi connectivity index (χ4n) is 2.51. The van der Waals surface area contributed by atoms with Crippen molar-refractivity contribution in [3.63, 3.8) is 0 Å². The van der Waals surface area contributed by atoms with Crippen LogP contribution >= 0.6 is 0 Å². The summed E-state index contributed by atoms with van der Waals surface area (Å²) < 4.78 is 11.1. The van der Waals surface area contributed by atoms with E-state index in [1.807, 2.05) is 31.2 Å². The molecule has 1 saturated heterocycles. The summed E-state index contributed by atoms with van der Waals surface area (Å²) in [5, 5.41) is 10.9. The average molecular weight is 315 g/mol. The van der Waals surface area contributed by atoms with Crippen LogP contribution in [0.4, 0.5) is 0 Å². The first-order valence-electron chi connectivity index (χ1n) is 7.98. The van der Waals surface area contributed by atoms with E-state index in [1.165, 1.54) is 5.56 Å². The molecule has 0 saturated carbocycles. The second kappa shape index (κ2) is 7.37. The number of ether oxygens (including phenoxy) is 1. The molecule has 2 aromatic rings. The monoisotopic (exact) mass is 315 g/mol. The van der Waals surface area contributed by atoms with Gasteiger partial charge >= 0.3 is 0 Å². The molecule has 1 aromatic heterocycles. The Morgan fingerprint density at radius 3 is 2.87 bits per heavy atom. The first-order chi connectivity index (χ1) is 11.2. The van der Waals surface area contributed by atoms with Crippen LogP contribution in [0.15, 0.2) is 28.7 Å². The Hall–Kier alpha value is -2.21. The number of aryl methyl sites for hydroxylation is 2. The number of aromatic nitrogens is 2. The number of nitrogens with zero attached hydrogens (tertiary/aromatic N) is 2. The topological polar surface area (TPSA) is 77.2 Å². The molecule has 1 fully saturated rings. The lowest BCUT2D eigenvalue weighted by Crippen LogP contribution is -2.31. The van der Waals surface area contributed by atoms with E-state index in [-0.39, 0.29) is 12.0 Å². The number of rotatable bonds is 6. The van der Waals surface area contributed by atoms with Crippen LogP contribution in [0.3, 0.4) is 0 Å². The maximum atomic E-state index is 11.8. The molecule has 2 heterocycles. The number of nitrogens with one attached hydrogen (secondary N) is 1. The van der Waals surface area contributed by atoms with Gasteiger partial charge in [-0.05, 0) is 31.9 Å². The van der Waals surface area contributed by atoms with E-state index in [2.05, 4.69) is 15.5 Å². The normalized spacial score (nSPS) is 17.3. The van der Waals surface area contributed by atoms with Gasteiger partial charge in [0.2, 0.25) is 17.7 Å². The molecule has 23 heavy (non-hydrogen) atoms. The smallest absolute Gasteiger partial charge is 0.247 e. The third kappa shape index (κ3) is 4.39. The van der Waals surface area contributed by atoms with Crippen LogP contribution in [0, 0.1) is 6.92 Å². The summed E-state index contributed by atoms with van der Waals surface area (Å²) in [5.74, 6) is 0.947. The standard InChI is InChI=1S/C17H21N3O3/c1-12-4-6-13(7-5-12)17-20-19-16(23-17)9-8-15(21)18-11-14-3-2-10-22-14/h4-7,14H,2-3,8-11H2,1H3,(H,18,21). The van der Waals surface area contributed by atoms with Crippen LogP contribution in [0.5, 0.6) is 0 Å². The van der Waals surface area contributed by atoms with Crippen LogP contribution < -0.4 is 5.32 Å². The molecule has 1 atom stereocenters. The number of hydrogen-bond acceptors (Lipinski definition) is 5. The van der Waals surface area contributed by atoms with Gasteiger partial charge in [0.05, 0.1) is 6.10 Å². The minimum absolute atomic E-state index is 0.0180. The molecule has 1 aromatic carbocycles. The van der Waals surface area contributed by atoms with E-state index in [0.29, 0.717) is 31.2 Å². The first kappa shape index (κ1) is 15.7. The molecule has 1 N–H and O–H groups in total. The highest BCUT2D eigenvalue weighted by atomic mass is 16.5. The second-order valence-electron chi connectivity index (χ2n) is 5.81. The van der Waals surface area contributed by atoms with Gasteiger partial charge in [-0.3, -0.25) is 4.79 Å². The molecule has 1 aliphatic rings. The number of carbonyl (C=O) groups excluding carboxylic acids is 1. The predicted molar refractivity (Wildman–Crippen MR) is 84.8 cm³/mol. The summed E-state index contributed by atoms with van der Waals surface area (Å²) in [6, 6.07) is 7.89. The van der Waals surface area contributed by atoms with Gasteiger partial charge in [0.15, 0.2) is 0 Å². The molecule has 1 unspecified atom stereocenters. The first-order valence-corrected chi connectivity index (χ1v) is 7.98. The minimum atomic E-state index is -0.0180. The zero-order valence-corrected chi connectivity index (χ0v) is 13.2. The number of carbonyl (C=O) groups is 1. The molecular weight excluding hydrogens is 294 g/mol. The van der Waals surface area contributed by atoms with E-state index < -0.39 is 0 Å². The van der Waals surface area contributed by atoms with Gasteiger partial charge in [-0.2, -0.15) is 0 Å². The zero-order chi connectivity index (χ0) is 16.1. The second-order valence-corrected chi connectivity index (χ2v) is 5.81. The summed E-state index contributed by atoms with van der Waals surface area (Å²) in [4.78, 5) is 11.8. The molecule has 122 valence electrons. The Balaban J connectivity index is 1.47. The van der Waals surface area contributed by atoms with Crippen LogP contribution in [0.2, 0.25) is 0 Å². The average Bonchev–Trinajstić information content (AvgIpc) is 3.23. The summed E-state index contributed by atoms with van der Waals surface area (Å²) in [6.07, 6.45) is 3.03. The van der Waals surface area contributed by atoms with Gasteiger partial charge in [0.1, 0.15) is 0 Å². The summed E-state index contributed by atoms with van der Waals surface area (Å²) >= 11 is 0. The Bertz CT molecular complexity index is 645. The van der Waals surface area contributed by atoms with Gasteiger partial charge in [-0.25, -0.2) is 0 Å². The van der Waals surface area contributed by atoms with Crippen molar-refractivity contribution in [3.05, 3.63) is 35.7 Å². The van der Waals surface area contributed by atoms with Crippen LogP contribution in [0.25, 0.3) is 11.5 Å².